The smallest absolute Gasteiger partial charge is 0.264 e. The molecule has 0 aromatic heterocycles. The number of nitrogens with zero attached hydrogens (tertiary/aromatic N) is 2. The van der Waals surface area contributed by atoms with Crippen molar-refractivity contribution in [2.75, 3.05) is 17.4 Å². The average Bonchev–Trinajstić information content (AvgIpc) is 3.51. The molecule has 8 heteroatoms. The summed E-state index contributed by atoms with van der Waals surface area (Å²) in [5, 5.41) is 3.16. The molecule has 0 spiro atoms. The van der Waals surface area contributed by atoms with Gasteiger partial charge in [0.05, 0.1) is 10.6 Å². The molecule has 0 aliphatic heterocycles. The first-order chi connectivity index (χ1) is 20.2. The van der Waals surface area contributed by atoms with Crippen LogP contribution in [0.25, 0.3) is 0 Å². The minimum atomic E-state index is -4.09. The molecule has 7 nitrogen and oxygen atoms in total. The van der Waals surface area contributed by atoms with Crippen molar-refractivity contribution in [3.63, 3.8) is 0 Å². The summed E-state index contributed by atoms with van der Waals surface area (Å²) in [7, 11) is -4.09. The normalized spacial score (nSPS) is 14.4. The summed E-state index contributed by atoms with van der Waals surface area (Å²) in [4.78, 5) is 29.5. The Kier molecular flexibility index (Phi) is 10.8. The summed E-state index contributed by atoms with van der Waals surface area (Å²) < 4.78 is 29.5. The second kappa shape index (κ2) is 14.5. The van der Waals surface area contributed by atoms with Gasteiger partial charge in [-0.3, -0.25) is 13.9 Å². The lowest BCUT2D eigenvalue weighted by Gasteiger charge is -2.34. The third kappa shape index (κ3) is 7.59. The zero-order valence-electron chi connectivity index (χ0n) is 25.0. The van der Waals surface area contributed by atoms with E-state index in [9.17, 15) is 18.0 Å². The summed E-state index contributed by atoms with van der Waals surface area (Å²) >= 11 is 0. The van der Waals surface area contributed by atoms with Gasteiger partial charge in [0.25, 0.3) is 10.0 Å². The second-order valence-electron chi connectivity index (χ2n) is 11.0. The molecule has 1 saturated carbocycles. The Morgan fingerprint density at radius 1 is 0.905 bits per heavy atom. The quantitative estimate of drug-likeness (QED) is 0.279. The number of amides is 2. The van der Waals surface area contributed by atoms with Gasteiger partial charge in [-0.2, -0.15) is 0 Å². The van der Waals surface area contributed by atoms with Crippen molar-refractivity contribution in [2.24, 2.45) is 0 Å². The van der Waals surface area contributed by atoms with Crippen molar-refractivity contribution < 1.29 is 18.0 Å². The molecule has 0 bridgehead atoms. The van der Waals surface area contributed by atoms with Crippen molar-refractivity contribution in [3.8, 4) is 0 Å². The number of anilines is 1. The molecule has 3 aromatic carbocycles. The van der Waals surface area contributed by atoms with E-state index in [-0.39, 0.29) is 16.8 Å². The molecule has 1 atom stereocenters. The largest absolute Gasteiger partial charge is 0.352 e. The first-order valence-electron chi connectivity index (χ1n) is 15.1. The Labute approximate surface area is 251 Å². The zero-order valence-corrected chi connectivity index (χ0v) is 25.8. The molecule has 1 unspecified atom stereocenters. The third-order valence-corrected chi connectivity index (χ3v) is 9.87. The molecular weight excluding hydrogens is 546 g/mol. The predicted octanol–water partition coefficient (Wildman–Crippen LogP) is 5.66. The molecule has 1 N–H and O–H groups in total. The van der Waals surface area contributed by atoms with E-state index in [1.165, 1.54) is 4.31 Å². The number of hydrogen-bond donors (Lipinski definition) is 1. The van der Waals surface area contributed by atoms with E-state index < -0.39 is 28.5 Å². The van der Waals surface area contributed by atoms with Gasteiger partial charge in [0, 0.05) is 12.6 Å². The van der Waals surface area contributed by atoms with Gasteiger partial charge in [0.2, 0.25) is 11.8 Å². The number of carbonyl (C=O) groups excluding carboxylic acids is 2. The minimum absolute atomic E-state index is 0.118. The monoisotopic (exact) mass is 589 g/mol. The third-order valence-electron chi connectivity index (χ3n) is 8.10. The topological polar surface area (TPSA) is 86.8 Å². The van der Waals surface area contributed by atoms with Crippen LogP contribution in [0.3, 0.4) is 0 Å². The maximum absolute atomic E-state index is 14.3. The lowest BCUT2D eigenvalue weighted by molar-refractivity contribution is -0.139. The number of carbonyl (C=O) groups is 2. The van der Waals surface area contributed by atoms with E-state index in [1.807, 2.05) is 63.2 Å². The van der Waals surface area contributed by atoms with Crippen LogP contribution in [-0.2, 0) is 32.5 Å². The second-order valence-corrected chi connectivity index (χ2v) is 12.9. The van der Waals surface area contributed by atoms with Crippen molar-refractivity contribution in [2.45, 2.75) is 82.7 Å². The molecule has 1 aliphatic rings. The molecule has 4 rings (SSSR count). The number of nitrogens with one attached hydrogen (secondary N) is 1. The average molecular weight is 590 g/mol. The first kappa shape index (κ1) is 31.3. The lowest BCUT2D eigenvalue weighted by Crippen LogP contribution is -2.54. The van der Waals surface area contributed by atoms with Crippen LogP contribution in [0.15, 0.2) is 83.8 Å². The van der Waals surface area contributed by atoms with Crippen molar-refractivity contribution in [3.05, 3.63) is 95.6 Å². The molecule has 1 fully saturated rings. The molecule has 0 radical (unpaired) electrons. The van der Waals surface area contributed by atoms with Crippen LogP contribution in [-0.4, -0.2) is 50.3 Å². The highest BCUT2D eigenvalue weighted by Gasteiger charge is 2.34. The lowest BCUT2D eigenvalue weighted by atomic mass is 10.1. The highest BCUT2D eigenvalue weighted by Crippen LogP contribution is 2.28. The van der Waals surface area contributed by atoms with E-state index in [4.69, 9.17) is 0 Å². The fourth-order valence-electron chi connectivity index (χ4n) is 5.67. The Morgan fingerprint density at radius 3 is 2.19 bits per heavy atom. The minimum Gasteiger partial charge on any atom is -0.352 e. The van der Waals surface area contributed by atoms with Gasteiger partial charge in [-0.1, -0.05) is 92.9 Å². The van der Waals surface area contributed by atoms with Crippen LogP contribution in [0.1, 0.15) is 62.6 Å². The summed E-state index contributed by atoms with van der Waals surface area (Å²) in [5.74, 6) is -0.575. The Hall–Kier alpha value is -3.65. The molecule has 0 heterocycles. The van der Waals surface area contributed by atoms with E-state index in [1.54, 1.807) is 41.3 Å². The van der Waals surface area contributed by atoms with E-state index in [2.05, 4.69) is 5.32 Å². The Morgan fingerprint density at radius 2 is 1.55 bits per heavy atom. The predicted molar refractivity (Wildman–Crippen MR) is 168 cm³/mol. The standard InChI is InChI=1S/C34H43N3O4S/c1-4-28-15-9-12-18-32(28)37(42(40,41)30-21-19-26(3)20-22-30)25-33(38)36(24-23-27-13-7-6-8-14-27)31(5-2)34(39)35-29-16-10-11-17-29/h6-9,12-15,18-22,29,31H,4-5,10-11,16-17,23-25H2,1-3H3,(H,35,39). The summed E-state index contributed by atoms with van der Waals surface area (Å²) in [5.41, 5.74) is 3.28. The highest BCUT2D eigenvalue weighted by atomic mass is 32.2. The van der Waals surface area contributed by atoms with E-state index >= 15 is 0 Å². The van der Waals surface area contributed by atoms with Crippen LogP contribution >= 0.6 is 0 Å². The first-order valence-corrected chi connectivity index (χ1v) is 16.5. The van der Waals surface area contributed by atoms with Gasteiger partial charge in [-0.25, -0.2) is 8.42 Å². The Balaban J connectivity index is 1.70. The molecule has 0 saturated heterocycles. The number of sulfonamides is 1. The molecule has 2 amide bonds. The maximum atomic E-state index is 14.3. The summed E-state index contributed by atoms with van der Waals surface area (Å²) in [6, 6.07) is 23.2. The molecular formula is C34H43N3O4S. The van der Waals surface area contributed by atoms with Gasteiger partial charge >= 0.3 is 0 Å². The van der Waals surface area contributed by atoms with Crippen LogP contribution in [0.2, 0.25) is 0 Å². The van der Waals surface area contributed by atoms with Gasteiger partial charge in [-0.05, 0) is 68.4 Å². The van der Waals surface area contributed by atoms with Gasteiger partial charge in [0.1, 0.15) is 12.6 Å². The number of hydrogen-bond acceptors (Lipinski definition) is 4. The van der Waals surface area contributed by atoms with Crippen molar-refractivity contribution in [1.29, 1.82) is 0 Å². The molecule has 3 aromatic rings. The zero-order chi connectivity index (χ0) is 30.1. The maximum Gasteiger partial charge on any atom is 0.264 e. The van der Waals surface area contributed by atoms with Gasteiger partial charge in [0.15, 0.2) is 0 Å². The van der Waals surface area contributed by atoms with Crippen molar-refractivity contribution >= 4 is 27.5 Å². The van der Waals surface area contributed by atoms with Crippen LogP contribution in [0.5, 0.6) is 0 Å². The molecule has 1 aliphatic carbocycles. The fraction of sp³-hybridized carbons (Fsp3) is 0.412. The van der Waals surface area contributed by atoms with Crippen LogP contribution in [0.4, 0.5) is 5.69 Å². The summed E-state index contributed by atoms with van der Waals surface area (Å²) in [6.07, 6.45) is 5.63. The molecule has 42 heavy (non-hydrogen) atoms. The van der Waals surface area contributed by atoms with Crippen molar-refractivity contribution in [1.82, 2.24) is 10.2 Å². The Bertz CT molecular complexity index is 1440. The number of rotatable bonds is 13. The van der Waals surface area contributed by atoms with Gasteiger partial charge in [-0.15, -0.1) is 0 Å². The van der Waals surface area contributed by atoms with Gasteiger partial charge < -0.3 is 10.2 Å². The highest BCUT2D eigenvalue weighted by molar-refractivity contribution is 7.92. The number of benzene rings is 3. The van der Waals surface area contributed by atoms with Crippen LogP contribution in [0, 0.1) is 6.92 Å². The van der Waals surface area contributed by atoms with E-state index in [0.717, 1.165) is 42.4 Å². The van der Waals surface area contributed by atoms with Crippen LogP contribution < -0.4 is 9.62 Å². The number of para-hydroxylation sites is 1. The number of aryl methyl sites for hydroxylation is 2. The van der Waals surface area contributed by atoms with E-state index in [0.29, 0.717) is 31.5 Å². The molecule has 224 valence electrons. The SMILES string of the molecule is CCc1ccccc1N(CC(=O)N(CCc1ccccc1)C(CC)C(=O)NC1CCCC1)S(=O)(=O)c1ccc(C)cc1. The summed E-state index contributed by atoms with van der Waals surface area (Å²) in [6.45, 7) is 5.65. The fourth-order valence-corrected chi connectivity index (χ4v) is 7.12.